The van der Waals surface area contributed by atoms with Crippen molar-refractivity contribution in [3.8, 4) is 5.75 Å². The van der Waals surface area contributed by atoms with Crippen LogP contribution in [0.5, 0.6) is 5.75 Å². The number of hydrogen-bond acceptors (Lipinski definition) is 5. The maximum atomic E-state index is 12.2. The second kappa shape index (κ2) is 8.54. The van der Waals surface area contributed by atoms with Crippen LogP contribution < -0.4 is 15.4 Å². The maximum absolute atomic E-state index is 12.2. The number of amides is 2. The topological polar surface area (TPSA) is 96.9 Å². The Morgan fingerprint density at radius 3 is 2.46 bits per heavy atom. The van der Waals surface area contributed by atoms with Gasteiger partial charge < -0.3 is 25.2 Å². The number of aliphatic hydroxyl groups excluding tert-OH is 1. The van der Waals surface area contributed by atoms with E-state index in [9.17, 15) is 14.7 Å². The van der Waals surface area contributed by atoms with Crippen LogP contribution in [-0.2, 0) is 9.53 Å². The number of aliphatic hydroxyl groups is 1. The lowest BCUT2D eigenvalue weighted by molar-refractivity contribution is -0.124. The molecule has 134 valence electrons. The third-order valence-electron chi connectivity index (χ3n) is 3.14. The van der Waals surface area contributed by atoms with Crippen molar-refractivity contribution in [1.29, 1.82) is 0 Å². The first kappa shape index (κ1) is 19.8. The molecule has 0 aliphatic rings. The first-order chi connectivity index (χ1) is 11.2. The van der Waals surface area contributed by atoms with E-state index in [1.807, 2.05) is 12.1 Å². The van der Waals surface area contributed by atoms with Gasteiger partial charge in [0, 0.05) is 0 Å². The number of methoxy groups -OCH3 is 1. The zero-order valence-corrected chi connectivity index (χ0v) is 14.8. The van der Waals surface area contributed by atoms with Crippen LogP contribution >= 0.6 is 0 Å². The monoisotopic (exact) mass is 338 g/mol. The van der Waals surface area contributed by atoms with Crippen LogP contribution in [0.25, 0.3) is 0 Å². The summed E-state index contributed by atoms with van der Waals surface area (Å²) in [6, 6.07) is 5.87. The van der Waals surface area contributed by atoms with Gasteiger partial charge in [0.05, 0.1) is 19.8 Å². The Morgan fingerprint density at radius 2 is 1.92 bits per heavy atom. The van der Waals surface area contributed by atoms with E-state index in [2.05, 4.69) is 10.6 Å². The molecule has 0 bridgehead atoms. The Morgan fingerprint density at radius 1 is 1.25 bits per heavy atom. The highest BCUT2D eigenvalue weighted by Crippen LogP contribution is 2.18. The fraction of sp³-hybridized carbons (Fsp3) is 0.529. The summed E-state index contributed by atoms with van der Waals surface area (Å²) in [5, 5.41) is 14.5. The van der Waals surface area contributed by atoms with Gasteiger partial charge in [-0.1, -0.05) is 12.1 Å². The van der Waals surface area contributed by atoms with Gasteiger partial charge in [-0.3, -0.25) is 4.79 Å². The van der Waals surface area contributed by atoms with Crippen molar-refractivity contribution in [2.75, 3.05) is 13.7 Å². The van der Waals surface area contributed by atoms with E-state index < -0.39 is 30.3 Å². The van der Waals surface area contributed by atoms with Crippen LogP contribution in [0.15, 0.2) is 24.3 Å². The van der Waals surface area contributed by atoms with E-state index in [4.69, 9.17) is 9.47 Å². The minimum atomic E-state index is -1.09. The lowest BCUT2D eigenvalue weighted by Crippen LogP contribution is -2.50. The van der Waals surface area contributed by atoms with Gasteiger partial charge in [-0.05, 0) is 45.4 Å². The average molecular weight is 338 g/mol. The Labute approximate surface area is 142 Å². The van der Waals surface area contributed by atoms with E-state index in [1.54, 1.807) is 46.9 Å². The molecule has 7 heteroatoms. The quantitative estimate of drug-likeness (QED) is 0.734. The molecule has 0 unspecified atom stereocenters. The largest absolute Gasteiger partial charge is 0.497 e. The van der Waals surface area contributed by atoms with Gasteiger partial charge in [-0.15, -0.1) is 0 Å². The first-order valence-electron chi connectivity index (χ1n) is 7.71. The summed E-state index contributed by atoms with van der Waals surface area (Å²) in [5.74, 6) is 0.179. The minimum absolute atomic E-state index is 0.318. The Bertz CT molecular complexity index is 568. The van der Waals surface area contributed by atoms with Crippen LogP contribution in [0, 0.1) is 0 Å². The van der Waals surface area contributed by atoms with Crippen LogP contribution in [0.1, 0.15) is 39.3 Å². The van der Waals surface area contributed by atoms with Crippen LogP contribution in [0.3, 0.4) is 0 Å². The van der Waals surface area contributed by atoms with Gasteiger partial charge in [0.15, 0.2) is 0 Å². The predicted octanol–water partition coefficient (Wildman–Crippen LogP) is 1.76. The molecule has 0 fully saturated rings. The van der Waals surface area contributed by atoms with Gasteiger partial charge in [-0.25, -0.2) is 4.79 Å². The fourth-order valence-corrected chi connectivity index (χ4v) is 1.95. The Hall–Kier alpha value is -2.28. The molecule has 0 aromatic heterocycles. The molecule has 1 aromatic carbocycles. The molecular formula is C17H26N2O5. The number of hydrogen-bond donors (Lipinski definition) is 3. The normalized spacial score (nSPS) is 13.6. The van der Waals surface area contributed by atoms with E-state index in [0.29, 0.717) is 5.75 Å². The van der Waals surface area contributed by atoms with Gasteiger partial charge in [0.2, 0.25) is 5.91 Å². The molecule has 7 nitrogen and oxygen atoms in total. The zero-order chi connectivity index (χ0) is 18.3. The van der Waals surface area contributed by atoms with Crippen molar-refractivity contribution >= 4 is 12.0 Å². The molecule has 3 N–H and O–H groups in total. The van der Waals surface area contributed by atoms with E-state index in [-0.39, 0.29) is 6.04 Å². The number of alkyl carbamates (subject to hydrolysis) is 1. The fourth-order valence-electron chi connectivity index (χ4n) is 1.95. The first-order valence-corrected chi connectivity index (χ1v) is 7.71. The number of carbonyl (C=O) groups excluding carboxylic acids is 2. The zero-order valence-electron chi connectivity index (χ0n) is 14.8. The van der Waals surface area contributed by atoms with Gasteiger partial charge in [-0.2, -0.15) is 0 Å². The average Bonchev–Trinajstić information content (AvgIpc) is 2.50. The molecule has 2 atom stereocenters. The van der Waals surface area contributed by atoms with Gasteiger partial charge in [0.25, 0.3) is 0 Å². The van der Waals surface area contributed by atoms with Crippen LogP contribution in [0.2, 0.25) is 0 Å². The van der Waals surface area contributed by atoms with Crippen molar-refractivity contribution < 1.29 is 24.2 Å². The second-order valence-electron chi connectivity index (χ2n) is 6.39. The summed E-state index contributed by atoms with van der Waals surface area (Å²) >= 11 is 0. The molecule has 0 heterocycles. The molecule has 1 aromatic rings. The summed E-state index contributed by atoms with van der Waals surface area (Å²) < 4.78 is 10.2. The maximum Gasteiger partial charge on any atom is 0.408 e. The summed E-state index contributed by atoms with van der Waals surface area (Å²) in [6.45, 7) is 6.41. The van der Waals surface area contributed by atoms with Crippen molar-refractivity contribution in [2.24, 2.45) is 0 Å². The molecule has 0 saturated heterocycles. The van der Waals surface area contributed by atoms with E-state index in [0.717, 1.165) is 5.56 Å². The Kier molecular flexibility index (Phi) is 7.03. The van der Waals surface area contributed by atoms with Crippen molar-refractivity contribution in [1.82, 2.24) is 10.6 Å². The number of carbonyl (C=O) groups is 2. The molecule has 2 amide bonds. The van der Waals surface area contributed by atoms with Crippen molar-refractivity contribution in [3.05, 3.63) is 29.8 Å². The second-order valence-corrected chi connectivity index (χ2v) is 6.39. The molecule has 0 radical (unpaired) electrons. The Balaban J connectivity index is 2.67. The summed E-state index contributed by atoms with van der Waals surface area (Å²) in [6.07, 6.45) is -0.759. The van der Waals surface area contributed by atoms with Crippen LogP contribution in [0.4, 0.5) is 4.79 Å². The molecular weight excluding hydrogens is 312 g/mol. The number of nitrogens with one attached hydrogen (secondary N) is 2. The third kappa shape index (κ3) is 6.45. The number of rotatable bonds is 6. The summed E-state index contributed by atoms with van der Waals surface area (Å²) in [5.41, 5.74) is 0.158. The molecule has 0 saturated carbocycles. The van der Waals surface area contributed by atoms with Gasteiger partial charge >= 0.3 is 6.09 Å². The third-order valence-corrected chi connectivity index (χ3v) is 3.14. The minimum Gasteiger partial charge on any atom is -0.497 e. The molecule has 24 heavy (non-hydrogen) atoms. The molecule has 0 aliphatic heterocycles. The number of ether oxygens (including phenoxy) is 2. The summed E-state index contributed by atoms with van der Waals surface area (Å²) in [4.78, 5) is 24.0. The number of benzene rings is 1. The van der Waals surface area contributed by atoms with E-state index >= 15 is 0 Å². The highest BCUT2D eigenvalue weighted by molar-refractivity contribution is 5.86. The molecule has 0 aliphatic carbocycles. The standard InChI is InChI=1S/C17H26N2O5/c1-11(12-7-6-8-13(9-12)23-5)18-15(21)14(10-20)19-16(22)24-17(2,3)4/h6-9,11,14,20H,10H2,1-5H3,(H,18,21)(H,19,22)/t11-,14-/m1/s1. The highest BCUT2D eigenvalue weighted by Gasteiger charge is 2.24. The summed E-state index contributed by atoms with van der Waals surface area (Å²) in [7, 11) is 1.56. The lowest BCUT2D eigenvalue weighted by atomic mass is 10.1. The van der Waals surface area contributed by atoms with Crippen molar-refractivity contribution in [3.63, 3.8) is 0 Å². The molecule has 0 spiro atoms. The van der Waals surface area contributed by atoms with Gasteiger partial charge in [0.1, 0.15) is 17.4 Å². The predicted molar refractivity (Wildman–Crippen MR) is 89.8 cm³/mol. The molecule has 1 rings (SSSR count). The van der Waals surface area contributed by atoms with E-state index in [1.165, 1.54) is 0 Å². The highest BCUT2D eigenvalue weighted by atomic mass is 16.6. The SMILES string of the molecule is COc1cccc([C@@H](C)NC(=O)[C@@H](CO)NC(=O)OC(C)(C)C)c1. The van der Waals surface area contributed by atoms with Crippen molar-refractivity contribution in [2.45, 2.75) is 45.4 Å². The lowest BCUT2D eigenvalue weighted by Gasteiger charge is -2.23. The van der Waals surface area contributed by atoms with Crippen LogP contribution in [-0.4, -0.2) is 42.5 Å². The smallest absolute Gasteiger partial charge is 0.408 e.